The van der Waals surface area contributed by atoms with Crippen molar-refractivity contribution in [1.29, 1.82) is 0 Å². The number of hydrogen-bond donors (Lipinski definition) is 1. The van der Waals surface area contributed by atoms with Crippen molar-refractivity contribution in [2.45, 2.75) is 50.9 Å². The third-order valence-electron chi connectivity index (χ3n) is 5.28. The second kappa shape index (κ2) is 4.78. The molecule has 0 aromatic carbocycles. The average Bonchev–Trinajstić information content (AvgIpc) is 3.09. The van der Waals surface area contributed by atoms with E-state index in [2.05, 4.69) is 16.3 Å². The molecule has 1 saturated carbocycles. The summed E-state index contributed by atoms with van der Waals surface area (Å²) in [5.41, 5.74) is 3.22. The quantitative estimate of drug-likeness (QED) is 0.879. The number of ether oxygens (including phenoxy) is 2. The molecular formula is C17H22N2O3. The highest BCUT2D eigenvalue weighted by Crippen LogP contribution is 2.44. The van der Waals surface area contributed by atoms with Crippen LogP contribution in [-0.4, -0.2) is 33.5 Å². The van der Waals surface area contributed by atoms with E-state index in [-0.39, 0.29) is 0 Å². The number of rotatable bonds is 1. The maximum atomic E-state index is 11.1. The number of hydrogen-bond acceptors (Lipinski definition) is 4. The van der Waals surface area contributed by atoms with Crippen molar-refractivity contribution < 1.29 is 14.6 Å². The Balaban J connectivity index is 1.65. The van der Waals surface area contributed by atoms with E-state index in [9.17, 15) is 5.11 Å². The van der Waals surface area contributed by atoms with Crippen LogP contribution in [0.25, 0.3) is 5.65 Å². The van der Waals surface area contributed by atoms with Crippen molar-refractivity contribution in [1.82, 2.24) is 9.38 Å². The van der Waals surface area contributed by atoms with E-state index in [0.29, 0.717) is 26.1 Å². The number of aliphatic hydroxyl groups is 1. The first-order valence-electron chi connectivity index (χ1n) is 7.98. The Morgan fingerprint density at radius 2 is 1.77 bits per heavy atom. The SMILES string of the molecule is Cc1nc2ccc(C3(O)CCC4(CC3)OCCO4)cn2c1C. The van der Waals surface area contributed by atoms with Gasteiger partial charge in [-0.1, -0.05) is 6.07 Å². The van der Waals surface area contributed by atoms with Crippen molar-refractivity contribution in [3.8, 4) is 0 Å². The summed E-state index contributed by atoms with van der Waals surface area (Å²) in [4.78, 5) is 4.52. The van der Waals surface area contributed by atoms with Gasteiger partial charge in [0.2, 0.25) is 0 Å². The fourth-order valence-electron chi connectivity index (χ4n) is 3.67. The third-order valence-corrected chi connectivity index (χ3v) is 5.28. The van der Waals surface area contributed by atoms with Crippen molar-refractivity contribution in [2.75, 3.05) is 13.2 Å². The summed E-state index contributed by atoms with van der Waals surface area (Å²) in [6, 6.07) is 3.98. The lowest BCUT2D eigenvalue weighted by molar-refractivity contribution is -0.204. The molecule has 0 radical (unpaired) electrons. The number of pyridine rings is 1. The summed E-state index contributed by atoms with van der Waals surface area (Å²) >= 11 is 0. The zero-order chi connectivity index (χ0) is 15.4. The molecule has 2 aromatic heterocycles. The standard InChI is InChI=1S/C17H22N2O3/c1-12-13(2)19-11-14(3-4-15(19)18-12)16(20)5-7-17(8-6-16)21-9-10-22-17/h3-4,11,20H,5-10H2,1-2H3. The van der Waals surface area contributed by atoms with Gasteiger partial charge >= 0.3 is 0 Å². The van der Waals surface area contributed by atoms with Gasteiger partial charge in [0.05, 0.1) is 24.5 Å². The lowest BCUT2D eigenvalue weighted by Crippen LogP contribution is -2.42. The molecule has 4 rings (SSSR count). The number of aryl methyl sites for hydroxylation is 2. The fraction of sp³-hybridized carbons (Fsp3) is 0.588. The van der Waals surface area contributed by atoms with Crippen molar-refractivity contribution in [3.05, 3.63) is 35.3 Å². The summed E-state index contributed by atoms with van der Waals surface area (Å²) in [5, 5.41) is 11.1. The largest absolute Gasteiger partial charge is 0.385 e. The first-order valence-corrected chi connectivity index (χ1v) is 7.98. The molecule has 2 fully saturated rings. The lowest BCUT2D eigenvalue weighted by Gasteiger charge is -2.40. The molecule has 118 valence electrons. The van der Waals surface area contributed by atoms with Crippen LogP contribution in [0.5, 0.6) is 0 Å². The third kappa shape index (κ3) is 2.07. The average molecular weight is 302 g/mol. The topological polar surface area (TPSA) is 56.0 Å². The van der Waals surface area contributed by atoms with Crippen LogP contribution in [0.1, 0.15) is 42.6 Å². The van der Waals surface area contributed by atoms with Crippen LogP contribution in [-0.2, 0) is 15.1 Å². The van der Waals surface area contributed by atoms with Gasteiger partial charge in [0.15, 0.2) is 5.79 Å². The van der Waals surface area contributed by atoms with Gasteiger partial charge in [-0.05, 0) is 32.8 Å². The van der Waals surface area contributed by atoms with Gasteiger partial charge in [0.1, 0.15) is 5.65 Å². The molecule has 1 spiro atoms. The minimum Gasteiger partial charge on any atom is -0.385 e. The summed E-state index contributed by atoms with van der Waals surface area (Å²) in [7, 11) is 0. The molecule has 1 aliphatic heterocycles. The Morgan fingerprint density at radius 3 is 2.45 bits per heavy atom. The van der Waals surface area contributed by atoms with E-state index in [0.717, 1.165) is 35.4 Å². The van der Waals surface area contributed by atoms with Crippen LogP contribution < -0.4 is 0 Å². The molecule has 1 aliphatic carbocycles. The Hall–Kier alpha value is -1.43. The summed E-state index contributed by atoms with van der Waals surface area (Å²) in [6.45, 7) is 5.39. The minimum absolute atomic E-state index is 0.447. The molecule has 1 saturated heterocycles. The van der Waals surface area contributed by atoms with Gasteiger partial charge in [-0.25, -0.2) is 4.98 Å². The number of nitrogens with zero attached hydrogens (tertiary/aromatic N) is 2. The van der Waals surface area contributed by atoms with Gasteiger partial charge in [0, 0.05) is 30.3 Å². The summed E-state index contributed by atoms with van der Waals surface area (Å²) in [5.74, 6) is -0.447. The normalized spacial score (nSPS) is 23.4. The second-order valence-electron chi connectivity index (χ2n) is 6.57. The van der Waals surface area contributed by atoms with E-state index < -0.39 is 11.4 Å². The molecule has 1 N–H and O–H groups in total. The second-order valence-corrected chi connectivity index (χ2v) is 6.57. The van der Waals surface area contributed by atoms with Crippen LogP contribution in [0.4, 0.5) is 0 Å². The first-order chi connectivity index (χ1) is 10.5. The molecule has 0 amide bonds. The van der Waals surface area contributed by atoms with Gasteiger partial charge < -0.3 is 19.0 Å². The fourth-order valence-corrected chi connectivity index (χ4v) is 3.67. The zero-order valence-corrected chi connectivity index (χ0v) is 13.1. The van der Waals surface area contributed by atoms with Crippen LogP contribution in [0.15, 0.2) is 18.3 Å². The molecule has 0 unspecified atom stereocenters. The molecule has 2 aliphatic rings. The Kier molecular flexibility index (Phi) is 3.08. The van der Waals surface area contributed by atoms with Crippen molar-refractivity contribution in [3.63, 3.8) is 0 Å². The highest BCUT2D eigenvalue weighted by molar-refractivity contribution is 5.45. The van der Waals surface area contributed by atoms with Gasteiger partial charge in [-0.2, -0.15) is 0 Å². The van der Waals surface area contributed by atoms with Crippen molar-refractivity contribution >= 4 is 5.65 Å². The van der Waals surface area contributed by atoms with Crippen LogP contribution >= 0.6 is 0 Å². The zero-order valence-electron chi connectivity index (χ0n) is 13.1. The van der Waals surface area contributed by atoms with Gasteiger partial charge in [0.25, 0.3) is 0 Å². The highest BCUT2D eigenvalue weighted by atomic mass is 16.7. The Labute approximate surface area is 129 Å². The van der Waals surface area contributed by atoms with E-state index >= 15 is 0 Å². The van der Waals surface area contributed by atoms with E-state index in [4.69, 9.17) is 9.47 Å². The van der Waals surface area contributed by atoms with Crippen molar-refractivity contribution in [2.24, 2.45) is 0 Å². The van der Waals surface area contributed by atoms with Crippen LogP contribution in [0.2, 0.25) is 0 Å². The van der Waals surface area contributed by atoms with E-state index in [1.165, 1.54) is 0 Å². The monoisotopic (exact) mass is 302 g/mol. The van der Waals surface area contributed by atoms with Crippen LogP contribution in [0, 0.1) is 13.8 Å². The highest BCUT2D eigenvalue weighted by Gasteiger charge is 2.46. The predicted molar refractivity (Wildman–Crippen MR) is 81.7 cm³/mol. The smallest absolute Gasteiger partial charge is 0.168 e. The minimum atomic E-state index is -0.806. The van der Waals surface area contributed by atoms with Crippen LogP contribution in [0.3, 0.4) is 0 Å². The number of aromatic nitrogens is 2. The maximum absolute atomic E-state index is 11.1. The first kappa shape index (κ1) is 14.2. The predicted octanol–water partition coefficient (Wildman–Crippen LogP) is 2.46. The molecule has 3 heterocycles. The summed E-state index contributed by atoms with van der Waals surface area (Å²) < 4.78 is 13.6. The number of imidazole rings is 1. The molecule has 5 heteroatoms. The lowest BCUT2D eigenvalue weighted by atomic mass is 9.77. The van der Waals surface area contributed by atoms with Gasteiger partial charge in [-0.15, -0.1) is 0 Å². The molecule has 5 nitrogen and oxygen atoms in total. The Morgan fingerprint density at radius 1 is 1.09 bits per heavy atom. The van der Waals surface area contributed by atoms with E-state index in [1.54, 1.807) is 0 Å². The summed E-state index contributed by atoms with van der Waals surface area (Å²) in [6.07, 6.45) is 4.82. The molecule has 22 heavy (non-hydrogen) atoms. The number of fused-ring (bicyclic) bond motifs is 1. The molecule has 0 atom stereocenters. The maximum Gasteiger partial charge on any atom is 0.168 e. The van der Waals surface area contributed by atoms with E-state index in [1.807, 2.05) is 25.3 Å². The molecule has 0 bridgehead atoms. The molecular weight excluding hydrogens is 280 g/mol. The Bertz CT molecular complexity index is 706. The molecule has 2 aromatic rings. The van der Waals surface area contributed by atoms with Gasteiger partial charge in [-0.3, -0.25) is 0 Å².